The van der Waals surface area contributed by atoms with Gasteiger partial charge < -0.3 is 0 Å². The molecule has 5 rings (SSSR count). The lowest BCUT2D eigenvalue weighted by Gasteiger charge is -2.14. The Hall–Kier alpha value is -7.07. The summed E-state index contributed by atoms with van der Waals surface area (Å²) in [6.07, 6.45) is -10.5. The predicted molar refractivity (Wildman–Crippen MR) is 150 cm³/mol. The Balaban J connectivity index is 1.96. The first-order valence-electron chi connectivity index (χ1n) is 13.1. The number of benzene rings is 3. The van der Waals surface area contributed by atoms with E-state index in [1.807, 2.05) is 0 Å². The molecular weight excluding hydrogens is 663 g/mol. The first kappa shape index (κ1) is 33.3. The van der Waals surface area contributed by atoms with Gasteiger partial charge in [0.15, 0.2) is 0 Å². The summed E-state index contributed by atoms with van der Waals surface area (Å²) in [7, 11) is 0. The van der Waals surface area contributed by atoms with Crippen molar-refractivity contribution in [3.63, 3.8) is 0 Å². The van der Waals surface area contributed by atoms with Gasteiger partial charge in [-0.15, -0.1) is 0 Å². The Kier molecular flexibility index (Phi) is 7.90. The van der Waals surface area contributed by atoms with E-state index < -0.39 is 119 Å². The number of nitrogens with zero attached hydrogens (tertiary/aromatic N) is 6. The Labute approximate surface area is 268 Å². The second-order valence-corrected chi connectivity index (χ2v) is 10.1. The third-order valence-electron chi connectivity index (χ3n) is 7.60. The van der Waals surface area contributed by atoms with Gasteiger partial charge in [-0.2, -0.15) is 57.9 Å². The molecule has 0 unspecified atom stereocenters. The van der Waals surface area contributed by atoms with Gasteiger partial charge in [0.05, 0.1) is 22.3 Å². The lowest BCUT2D eigenvalue weighted by molar-refractivity contribution is -0.140. The Bertz CT molecular complexity index is 2420. The lowest BCUT2D eigenvalue weighted by Crippen LogP contribution is -2.09. The predicted octanol–water partition coefficient (Wildman–Crippen LogP) is 8.64. The lowest BCUT2D eigenvalue weighted by atomic mass is 9.89. The number of hydrogen-bond acceptors (Lipinski definition) is 6. The zero-order valence-electron chi connectivity index (χ0n) is 23.6. The van der Waals surface area contributed by atoms with E-state index in [4.69, 9.17) is 0 Å². The van der Waals surface area contributed by atoms with Gasteiger partial charge in [-0.05, 0) is 47.0 Å². The van der Waals surface area contributed by atoms with Crippen molar-refractivity contribution in [3.05, 3.63) is 116 Å². The Morgan fingerprint density at radius 2 is 0.939 bits per heavy atom. The maximum atomic E-state index is 17.0. The van der Waals surface area contributed by atoms with Crippen LogP contribution in [0.25, 0.3) is 33.4 Å². The number of nitriles is 6. The number of hydrogen-bond donors (Lipinski definition) is 0. The van der Waals surface area contributed by atoms with Crippen LogP contribution in [0.3, 0.4) is 0 Å². The minimum absolute atomic E-state index is 0.270. The van der Waals surface area contributed by atoms with Crippen LogP contribution in [0.15, 0.2) is 53.6 Å². The van der Waals surface area contributed by atoms with Gasteiger partial charge in [-0.1, -0.05) is 12.1 Å². The Morgan fingerprint density at radius 1 is 0.510 bits per heavy atom. The van der Waals surface area contributed by atoms with Crippen molar-refractivity contribution in [3.8, 4) is 36.4 Å². The van der Waals surface area contributed by atoms with Crippen LogP contribution in [-0.4, -0.2) is 0 Å². The van der Waals surface area contributed by atoms with Gasteiger partial charge in [-0.25, -0.2) is 13.2 Å². The van der Waals surface area contributed by atoms with E-state index in [2.05, 4.69) is 0 Å². The standard InChI is InChI=1S/C34H7F9N6/c35-24-3-1-14(5-22(24)33(38,39)40)26-20(12-48)18-7-19-28(16(8-44)9-45)27(15-2-4-25(36)23(6-15)34(41,42)43)21(13-49)30(19)32(37)31(18)29(26)17(10-46)11-47/h1-7H. The van der Waals surface area contributed by atoms with Crippen LogP contribution in [-0.2, 0) is 12.4 Å². The van der Waals surface area contributed by atoms with Crippen LogP contribution in [0.2, 0.25) is 0 Å². The van der Waals surface area contributed by atoms with Crippen molar-refractivity contribution >= 4 is 33.4 Å². The van der Waals surface area contributed by atoms with Crippen LogP contribution in [0, 0.1) is 85.4 Å². The fourth-order valence-corrected chi connectivity index (χ4v) is 5.69. The van der Waals surface area contributed by atoms with Crippen molar-refractivity contribution < 1.29 is 39.5 Å². The van der Waals surface area contributed by atoms with E-state index in [0.29, 0.717) is 12.1 Å². The Morgan fingerprint density at radius 3 is 1.35 bits per heavy atom. The molecule has 236 valence electrons. The highest BCUT2D eigenvalue weighted by atomic mass is 19.4. The van der Waals surface area contributed by atoms with Crippen LogP contribution in [0.1, 0.15) is 44.5 Å². The van der Waals surface area contributed by atoms with E-state index in [9.17, 15) is 66.7 Å². The topological polar surface area (TPSA) is 143 Å². The summed E-state index contributed by atoms with van der Waals surface area (Å²) in [5, 5.41) is 59.5. The van der Waals surface area contributed by atoms with Crippen LogP contribution < -0.4 is 0 Å². The molecule has 0 saturated carbocycles. The molecule has 49 heavy (non-hydrogen) atoms. The minimum atomic E-state index is -5.26. The molecule has 0 N–H and O–H groups in total. The molecular formula is C34H7F9N6. The molecule has 3 aromatic carbocycles. The number of alkyl halides is 6. The van der Waals surface area contributed by atoms with E-state index in [1.165, 1.54) is 24.3 Å². The van der Waals surface area contributed by atoms with Gasteiger partial charge in [0.1, 0.15) is 65.0 Å². The quantitative estimate of drug-likeness (QED) is 0.197. The van der Waals surface area contributed by atoms with Gasteiger partial charge in [0.2, 0.25) is 0 Å². The van der Waals surface area contributed by atoms with Gasteiger partial charge >= 0.3 is 12.4 Å². The second kappa shape index (κ2) is 11.6. The molecule has 15 heteroatoms. The molecule has 0 heterocycles. The summed E-state index contributed by atoms with van der Waals surface area (Å²) in [6, 6.07) is 13.0. The molecule has 0 fully saturated rings. The average molecular weight is 670 g/mol. The second-order valence-electron chi connectivity index (χ2n) is 10.1. The highest BCUT2D eigenvalue weighted by Crippen LogP contribution is 2.56. The van der Waals surface area contributed by atoms with Crippen molar-refractivity contribution in [1.29, 1.82) is 31.6 Å². The van der Waals surface area contributed by atoms with Crippen LogP contribution >= 0.6 is 0 Å². The largest absolute Gasteiger partial charge is 0.419 e. The molecule has 0 atom stereocenters. The highest BCUT2D eigenvalue weighted by molar-refractivity contribution is 6.30. The molecule has 0 aliphatic heterocycles. The molecule has 0 amide bonds. The maximum absolute atomic E-state index is 17.0. The highest BCUT2D eigenvalue weighted by Gasteiger charge is 2.43. The van der Waals surface area contributed by atoms with Gasteiger partial charge in [0, 0.05) is 39.0 Å². The maximum Gasteiger partial charge on any atom is 0.419 e. The third-order valence-corrected chi connectivity index (χ3v) is 7.60. The van der Waals surface area contributed by atoms with Crippen molar-refractivity contribution in [1.82, 2.24) is 0 Å². The summed E-state index contributed by atoms with van der Waals surface area (Å²) in [5.74, 6) is -4.95. The van der Waals surface area contributed by atoms with Crippen molar-refractivity contribution in [2.45, 2.75) is 12.4 Å². The molecule has 0 saturated heterocycles. The summed E-state index contributed by atoms with van der Waals surface area (Å²) >= 11 is 0. The first-order valence-corrected chi connectivity index (χ1v) is 13.1. The number of fused-ring (bicyclic) bond motifs is 2. The van der Waals surface area contributed by atoms with Gasteiger partial charge in [-0.3, -0.25) is 0 Å². The van der Waals surface area contributed by atoms with E-state index in [1.54, 1.807) is 12.1 Å². The van der Waals surface area contributed by atoms with Gasteiger partial charge in [0.25, 0.3) is 0 Å². The zero-order valence-corrected chi connectivity index (χ0v) is 23.6. The summed E-state index contributed by atoms with van der Waals surface area (Å²) in [6.45, 7) is 0. The van der Waals surface area contributed by atoms with Crippen LogP contribution in [0.4, 0.5) is 39.5 Å². The third kappa shape index (κ3) is 5.04. The minimum Gasteiger partial charge on any atom is -0.206 e. The molecule has 2 aliphatic rings. The normalized spacial score (nSPS) is 13.4. The summed E-state index contributed by atoms with van der Waals surface area (Å²) < 4.78 is 127. The number of halogens is 9. The smallest absolute Gasteiger partial charge is 0.206 e. The molecule has 3 aromatic rings. The van der Waals surface area contributed by atoms with E-state index in [-0.39, 0.29) is 12.1 Å². The summed E-state index contributed by atoms with van der Waals surface area (Å²) in [4.78, 5) is 0. The number of allylic oxidation sites excluding steroid dienone is 8. The average Bonchev–Trinajstić information content (AvgIpc) is 3.55. The molecule has 0 bridgehead atoms. The summed E-state index contributed by atoms with van der Waals surface area (Å²) in [5.41, 5.74) is -13.1. The zero-order chi connectivity index (χ0) is 36.2. The van der Waals surface area contributed by atoms with E-state index >= 15 is 4.39 Å². The molecule has 0 aromatic heterocycles. The molecule has 0 spiro atoms. The number of rotatable bonds is 2. The fraction of sp³-hybridized carbons (Fsp3) is 0.0588. The van der Waals surface area contributed by atoms with Crippen molar-refractivity contribution in [2.24, 2.45) is 0 Å². The SMILES string of the molecule is N#CC(C#N)=C1C(c2ccc(F)c(C(F)(F)F)c2)=C(C#N)c2c1cc1c(c2F)C(=C(C#N)C#N)C(c2ccc(F)c(C(F)(F)F)c2)=C1C#N. The fourth-order valence-electron chi connectivity index (χ4n) is 5.69. The first-order chi connectivity index (χ1) is 23.1. The molecule has 6 nitrogen and oxygen atoms in total. The van der Waals surface area contributed by atoms with Crippen LogP contribution in [0.5, 0.6) is 0 Å². The van der Waals surface area contributed by atoms with Crippen molar-refractivity contribution in [2.75, 3.05) is 0 Å². The monoisotopic (exact) mass is 670 g/mol. The molecule has 2 aliphatic carbocycles. The van der Waals surface area contributed by atoms with E-state index in [0.717, 1.165) is 18.2 Å². The molecule has 0 radical (unpaired) electrons.